The van der Waals surface area contributed by atoms with Crippen LogP contribution in [0.2, 0.25) is 5.02 Å². The third-order valence-electron chi connectivity index (χ3n) is 5.87. The summed E-state index contributed by atoms with van der Waals surface area (Å²) in [5, 5.41) is 16.2. The van der Waals surface area contributed by atoms with Crippen molar-refractivity contribution in [2.24, 2.45) is 5.92 Å². The number of aliphatic hydroxyl groups excluding tert-OH is 1. The van der Waals surface area contributed by atoms with Gasteiger partial charge in [-0.05, 0) is 48.6 Å². The minimum Gasteiger partial charge on any atom is -0.396 e. The molecule has 7 nitrogen and oxygen atoms in total. The molecule has 0 unspecified atom stereocenters. The Kier molecular flexibility index (Phi) is 7.08. The molecule has 4 rings (SSSR count). The summed E-state index contributed by atoms with van der Waals surface area (Å²) >= 11 is 6.20. The molecule has 0 aliphatic carbocycles. The number of benzene rings is 1. The van der Waals surface area contributed by atoms with Crippen molar-refractivity contribution >= 4 is 23.0 Å². The fourth-order valence-electron chi connectivity index (χ4n) is 3.79. The van der Waals surface area contributed by atoms with Crippen LogP contribution >= 0.6 is 11.6 Å². The van der Waals surface area contributed by atoms with Crippen LogP contribution in [-0.2, 0) is 12.7 Å². The molecule has 3 heterocycles. The van der Waals surface area contributed by atoms with E-state index in [0.29, 0.717) is 24.3 Å². The van der Waals surface area contributed by atoms with E-state index < -0.39 is 17.3 Å². The van der Waals surface area contributed by atoms with Gasteiger partial charge >= 0.3 is 6.18 Å². The maximum absolute atomic E-state index is 12.7. The predicted octanol–water partition coefficient (Wildman–Crippen LogP) is 4.12. The second kappa shape index (κ2) is 10.0. The first-order valence-corrected chi connectivity index (χ1v) is 11.1. The number of aliphatic hydroxyl groups is 1. The number of aromatic nitrogens is 3. The Morgan fingerprint density at radius 2 is 1.79 bits per heavy atom. The lowest BCUT2D eigenvalue weighted by atomic mass is 9.97. The summed E-state index contributed by atoms with van der Waals surface area (Å²) in [6.07, 6.45) is -0.604. The number of piperidine rings is 1. The zero-order valence-electron chi connectivity index (χ0n) is 18.1. The molecule has 2 N–H and O–H groups in total. The standard InChI is InChI=1S/C23H23ClF3N5O2/c24-21-19(13-30-32(22(21)34)20-6-3-17(12-29-20)23(25,26)27)28-11-15-1-4-18(5-2-15)31-9-7-16(14-33)8-10-31/h1-6,12-13,16,28,33H,7-11,14H2. The zero-order valence-corrected chi connectivity index (χ0v) is 18.9. The highest BCUT2D eigenvalue weighted by atomic mass is 35.5. The lowest BCUT2D eigenvalue weighted by molar-refractivity contribution is -0.137. The molecule has 1 aromatic carbocycles. The van der Waals surface area contributed by atoms with Gasteiger partial charge in [0.1, 0.15) is 5.02 Å². The predicted molar refractivity (Wildman–Crippen MR) is 123 cm³/mol. The molecule has 0 saturated carbocycles. The van der Waals surface area contributed by atoms with Gasteiger partial charge in [-0.2, -0.15) is 23.0 Å². The highest BCUT2D eigenvalue weighted by Gasteiger charge is 2.30. The van der Waals surface area contributed by atoms with Crippen LogP contribution in [0.5, 0.6) is 0 Å². The van der Waals surface area contributed by atoms with Gasteiger partial charge in [0.25, 0.3) is 5.56 Å². The molecule has 3 aromatic rings. The van der Waals surface area contributed by atoms with E-state index in [-0.39, 0.29) is 17.4 Å². The summed E-state index contributed by atoms with van der Waals surface area (Å²) in [6.45, 7) is 2.46. The molecule has 34 heavy (non-hydrogen) atoms. The lowest BCUT2D eigenvalue weighted by Crippen LogP contribution is -2.34. The van der Waals surface area contributed by atoms with Crippen molar-refractivity contribution in [2.45, 2.75) is 25.6 Å². The van der Waals surface area contributed by atoms with Crippen LogP contribution in [0.15, 0.2) is 53.6 Å². The molecular formula is C23H23ClF3N5O2. The summed E-state index contributed by atoms with van der Waals surface area (Å²) in [5.74, 6) is 0.314. The number of anilines is 2. The highest BCUT2D eigenvalue weighted by molar-refractivity contribution is 6.32. The number of rotatable bonds is 6. The Hall–Kier alpha value is -3.11. The minimum atomic E-state index is -4.52. The summed E-state index contributed by atoms with van der Waals surface area (Å²) in [5.41, 5.74) is 0.782. The van der Waals surface area contributed by atoms with E-state index in [9.17, 15) is 23.1 Å². The first-order chi connectivity index (χ1) is 16.3. The van der Waals surface area contributed by atoms with Gasteiger partial charge in [-0.3, -0.25) is 4.79 Å². The average Bonchev–Trinajstić information content (AvgIpc) is 2.85. The summed E-state index contributed by atoms with van der Waals surface area (Å²) in [4.78, 5) is 18.6. The summed E-state index contributed by atoms with van der Waals surface area (Å²) in [6, 6.07) is 9.92. The normalized spacial score (nSPS) is 14.9. The molecule has 1 aliphatic heterocycles. The molecule has 0 bridgehead atoms. The second-order valence-electron chi connectivity index (χ2n) is 8.13. The van der Waals surface area contributed by atoms with Gasteiger partial charge in [0.15, 0.2) is 5.82 Å². The number of nitrogens with zero attached hydrogens (tertiary/aromatic N) is 4. The van der Waals surface area contributed by atoms with Gasteiger partial charge < -0.3 is 15.3 Å². The van der Waals surface area contributed by atoms with E-state index in [0.717, 1.165) is 54.0 Å². The molecule has 0 atom stereocenters. The molecule has 0 spiro atoms. The van der Waals surface area contributed by atoms with Gasteiger partial charge in [0, 0.05) is 38.1 Å². The van der Waals surface area contributed by atoms with Crippen LogP contribution in [0.3, 0.4) is 0 Å². The smallest absolute Gasteiger partial charge is 0.396 e. The van der Waals surface area contributed by atoms with E-state index in [1.165, 1.54) is 6.20 Å². The fourth-order valence-corrected chi connectivity index (χ4v) is 3.99. The monoisotopic (exact) mass is 493 g/mol. The second-order valence-corrected chi connectivity index (χ2v) is 8.50. The van der Waals surface area contributed by atoms with Crippen LogP contribution in [0.25, 0.3) is 5.82 Å². The van der Waals surface area contributed by atoms with Gasteiger partial charge in [0.2, 0.25) is 0 Å². The van der Waals surface area contributed by atoms with E-state index in [1.54, 1.807) is 0 Å². The maximum atomic E-state index is 12.7. The van der Waals surface area contributed by atoms with Crippen molar-refractivity contribution in [3.8, 4) is 5.82 Å². The Morgan fingerprint density at radius 1 is 1.09 bits per heavy atom. The Morgan fingerprint density at radius 3 is 2.38 bits per heavy atom. The minimum absolute atomic E-state index is 0.0648. The third-order valence-corrected chi connectivity index (χ3v) is 6.23. The zero-order chi connectivity index (χ0) is 24.3. The molecule has 0 amide bonds. The molecule has 180 valence electrons. The number of pyridine rings is 1. The molecule has 2 aromatic heterocycles. The van der Waals surface area contributed by atoms with E-state index in [2.05, 4.69) is 20.3 Å². The van der Waals surface area contributed by atoms with E-state index in [1.807, 2.05) is 24.3 Å². The molecule has 1 saturated heterocycles. The Bertz CT molecular complexity index is 1180. The van der Waals surface area contributed by atoms with Crippen LogP contribution in [0.1, 0.15) is 24.0 Å². The molecular weight excluding hydrogens is 471 g/mol. The number of hydrogen-bond donors (Lipinski definition) is 2. The SMILES string of the molecule is O=c1c(Cl)c(NCc2ccc(N3CCC(CO)CC3)cc2)cnn1-c1ccc(C(F)(F)F)cn1. The van der Waals surface area contributed by atoms with Crippen LogP contribution < -0.4 is 15.8 Å². The average molecular weight is 494 g/mol. The Labute approximate surface area is 198 Å². The van der Waals surface area contributed by atoms with Crippen molar-refractivity contribution < 1.29 is 18.3 Å². The van der Waals surface area contributed by atoms with Gasteiger partial charge in [-0.25, -0.2) is 4.98 Å². The van der Waals surface area contributed by atoms with Gasteiger partial charge in [-0.15, -0.1) is 0 Å². The topological polar surface area (TPSA) is 83.3 Å². The maximum Gasteiger partial charge on any atom is 0.417 e. The quantitative estimate of drug-likeness (QED) is 0.537. The fraction of sp³-hybridized carbons (Fsp3) is 0.348. The number of halogens is 4. The van der Waals surface area contributed by atoms with Crippen LogP contribution in [0.4, 0.5) is 24.5 Å². The van der Waals surface area contributed by atoms with Gasteiger partial charge in [0.05, 0.1) is 17.4 Å². The van der Waals surface area contributed by atoms with E-state index >= 15 is 0 Å². The van der Waals surface area contributed by atoms with Crippen LogP contribution in [-0.4, -0.2) is 39.6 Å². The first-order valence-electron chi connectivity index (χ1n) is 10.8. The summed E-state index contributed by atoms with van der Waals surface area (Å²) in [7, 11) is 0. The van der Waals surface area contributed by atoms with Crippen molar-refractivity contribution in [3.05, 3.63) is 75.3 Å². The number of hydrogen-bond acceptors (Lipinski definition) is 6. The van der Waals surface area contributed by atoms with Crippen molar-refractivity contribution in [1.82, 2.24) is 14.8 Å². The molecule has 1 aliphatic rings. The summed E-state index contributed by atoms with van der Waals surface area (Å²) < 4.78 is 39.0. The molecule has 11 heteroatoms. The largest absolute Gasteiger partial charge is 0.417 e. The van der Waals surface area contributed by atoms with Crippen molar-refractivity contribution in [3.63, 3.8) is 0 Å². The first kappa shape index (κ1) is 24.0. The Balaban J connectivity index is 1.41. The van der Waals surface area contributed by atoms with E-state index in [4.69, 9.17) is 11.6 Å². The van der Waals surface area contributed by atoms with Crippen LogP contribution in [0, 0.1) is 5.92 Å². The number of nitrogens with one attached hydrogen (secondary N) is 1. The molecule has 0 radical (unpaired) electrons. The van der Waals surface area contributed by atoms with Crippen molar-refractivity contribution in [1.29, 1.82) is 0 Å². The third kappa shape index (κ3) is 5.34. The highest BCUT2D eigenvalue weighted by Crippen LogP contribution is 2.29. The number of alkyl halides is 3. The molecule has 1 fully saturated rings. The lowest BCUT2D eigenvalue weighted by Gasteiger charge is -2.33. The van der Waals surface area contributed by atoms with Gasteiger partial charge in [-0.1, -0.05) is 23.7 Å². The van der Waals surface area contributed by atoms with Crippen molar-refractivity contribution in [2.75, 3.05) is 29.9 Å².